The van der Waals surface area contributed by atoms with Gasteiger partial charge in [0.1, 0.15) is 0 Å². The van der Waals surface area contributed by atoms with E-state index in [1.165, 1.54) is 22.6 Å². The molecule has 0 saturated heterocycles. The zero-order chi connectivity index (χ0) is 16.4. The van der Waals surface area contributed by atoms with Crippen LogP contribution in [0.4, 0.5) is 15.5 Å². The van der Waals surface area contributed by atoms with Crippen LogP contribution < -0.4 is 10.6 Å². The number of carbonyl (C=O) groups is 1. The maximum Gasteiger partial charge on any atom is 0.324 e. The van der Waals surface area contributed by atoms with Crippen molar-refractivity contribution in [2.45, 2.75) is 17.7 Å². The molecule has 23 heavy (non-hydrogen) atoms. The van der Waals surface area contributed by atoms with Crippen LogP contribution in [0, 0.1) is 0 Å². The molecule has 2 aromatic rings. The van der Waals surface area contributed by atoms with Gasteiger partial charge in [0.2, 0.25) is 0 Å². The number of urea groups is 1. The molecule has 0 saturated carbocycles. The lowest BCUT2D eigenvalue weighted by Gasteiger charge is -2.06. The molecular weight excluding hydrogens is 332 g/mol. The van der Waals surface area contributed by atoms with Crippen LogP contribution in [0.2, 0.25) is 0 Å². The van der Waals surface area contributed by atoms with Gasteiger partial charge in [-0.3, -0.25) is 5.32 Å². The number of aryl methyl sites for hydroxylation is 1. The van der Waals surface area contributed by atoms with Crippen LogP contribution >= 0.6 is 11.3 Å². The lowest BCUT2D eigenvalue weighted by molar-refractivity contribution is 0.262. The van der Waals surface area contributed by atoms with Gasteiger partial charge in [0.05, 0.1) is 9.90 Å². The van der Waals surface area contributed by atoms with Crippen molar-refractivity contribution in [2.24, 2.45) is 0 Å². The quantitative estimate of drug-likeness (QED) is 0.887. The number of hydrogen-bond acceptors (Lipinski definition) is 4. The van der Waals surface area contributed by atoms with E-state index in [1.54, 1.807) is 23.5 Å². The van der Waals surface area contributed by atoms with E-state index in [9.17, 15) is 13.2 Å². The van der Waals surface area contributed by atoms with Crippen molar-refractivity contribution in [3.63, 3.8) is 0 Å². The third-order valence-electron chi connectivity index (χ3n) is 3.47. The molecule has 7 heteroatoms. The molecule has 0 spiro atoms. The van der Waals surface area contributed by atoms with Gasteiger partial charge in [0.25, 0.3) is 0 Å². The van der Waals surface area contributed by atoms with Crippen molar-refractivity contribution in [1.82, 2.24) is 0 Å². The summed E-state index contributed by atoms with van der Waals surface area (Å²) in [6, 6.07) is 7.73. The third kappa shape index (κ3) is 3.80. The molecule has 0 bridgehead atoms. The Morgan fingerprint density at radius 1 is 1.17 bits per heavy atom. The Morgan fingerprint density at radius 2 is 1.91 bits per heavy atom. The molecule has 3 rings (SSSR count). The van der Waals surface area contributed by atoms with Crippen LogP contribution in [0.3, 0.4) is 0 Å². The lowest BCUT2D eigenvalue weighted by atomic mass is 10.1. The fourth-order valence-corrected chi connectivity index (χ4v) is 4.00. The Morgan fingerprint density at radius 3 is 2.57 bits per heavy atom. The summed E-state index contributed by atoms with van der Waals surface area (Å²) in [6.45, 7) is 0. The summed E-state index contributed by atoms with van der Waals surface area (Å²) < 4.78 is 22.8. The lowest BCUT2D eigenvalue weighted by Crippen LogP contribution is -2.18. The van der Waals surface area contributed by atoms with Gasteiger partial charge in [-0.15, -0.1) is 11.3 Å². The number of fused-ring (bicyclic) bond motifs is 1. The minimum absolute atomic E-state index is 0.223. The molecule has 0 radical (unpaired) electrons. The first-order valence-corrected chi connectivity index (χ1v) is 9.80. The fourth-order valence-electron chi connectivity index (χ4n) is 2.33. The predicted octanol–water partition coefficient (Wildman–Crippen LogP) is 3.76. The summed E-state index contributed by atoms with van der Waals surface area (Å²) >= 11 is 1.54. The zero-order valence-electron chi connectivity index (χ0n) is 12.5. The SMILES string of the molecule is CS(=O)(=O)c1ccc(NC(=O)Nc2cc3c(s2)C=CCC3)cc1. The molecule has 5 nitrogen and oxygen atoms in total. The topological polar surface area (TPSA) is 75.3 Å². The molecule has 1 aliphatic carbocycles. The number of benzene rings is 1. The number of allylic oxidation sites excluding steroid dienone is 1. The van der Waals surface area contributed by atoms with E-state index >= 15 is 0 Å². The van der Waals surface area contributed by atoms with Crippen molar-refractivity contribution in [3.05, 3.63) is 46.8 Å². The maximum atomic E-state index is 12.0. The number of rotatable bonds is 3. The molecule has 120 valence electrons. The normalized spacial score (nSPS) is 13.4. The average molecular weight is 348 g/mol. The maximum absolute atomic E-state index is 12.0. The summed E-state index contributed by atoms with van der Waals surface area (Å²) in [6.07, 6.45) is 7.39. The molecule has 0 fully saturated rings. The van der Waals surface area contributed by atoms with E-state index in [0.717, 1.165) is 24.1 Å². The number of sulfone groups is 1. The van der Waals surface area contributed by atoms with Crippen LogP contribution in [0.1, 0.15) is 16.9 Å². The molecule has 1 heterocycles. The summed E-state index contributed by atoms with van der Waals surface area (Å²) in [4.78, 5) is 13.4. The molecular formula is C16H16N2O3S2. The first-order chi connectivity index (χ1) is 10.9. The molecule has 2 amide bonds. The Balaban J connectivity index is 1.65. The van der Waals surface area contributed by atoms with Crippen LogP contribution in [0.25, 0.3) is 6.08 Å². The largest absolute Gasteiger partial charge is 0.324 e. The number of nitrogens with one attached hydrogen (secondary N) is 2. The smallest absolute Gasteiger partial charge is 0.308 e. The third-order valence-corrected chi connectivity index (χ3v) is 5.65. The first kappa shape index (κ1) is 15.8. The highest BCUT2D eigenvalue weighted by Crippen LogP contribution is 2.32. The van der Waals surface area contributed by atoms with Gasteiger partial charge in [-0.1, -0.05) is 6.08 Å². The van der Waals surface area contributed by atoms with Gasteiger partial charge in [-0.25, -0.2) is 13.2 Å². The highest BCUT2D eigenvalue weighted by molar-refractivity contribution is 7.90. The summed E-state index contributed by atoms with van der Waals surface area (Å²) in [5.41, 5.74) is 1.79. The van der Waals surface area contributed by atoms with Gasteiger partial charge >= 0.3 is 6.03 Å². The van der Waals surface area contributed by atoms with Crippen LogP contribution in [-0.4, -0.2) is 20.7 Å². The van der Waals surface area contributed by atoms with Crippen molar-refractivity contribution in [3.8, 4) is 0 Å². The van der Waals surface area contributed by atoms with E-state index in [2.05, 4.69) is 22.8 Å². The Labute approximate surface area is 139 Å². The van der Waals surface area contributed by atoms with Crippen LogP contribution in [0.15, 0.2) is 41.3 Å². The van der Waals surface area contributed by atoms with E-state index in [0.29, 0.717) is 5.69 Å². The van der Waals surface area contributed by atoms with Gasteiger partial charge in [0, 0.05) is 16.8 Å². The van der Waals surface area contributed by atoms with Gasteiger partial charge in [-0.05, 0) is 54.8 Å². The number of anilines is 2. The molecule has 2 N–H and O–H groups in total. The van der Waals surface area contributed by atoms with Gasteiger partial charge < -0.3 is 5.32 Å². The highest BCUT2D eigenvalue weighted by atomic mass is 32.2. The second-order valence-electron chi connectivity index (χ2n) is 5.32. The second-order valence-corrected chi connectivity index (χ2v) is 8.42. The standard InChI is InChI=1S/C16H16N2O3S2/c1-23(20,21)13-8-6-12(7-9-13)17-16(19)18-15-10-11-4-2-3-5-14(11)22-15/h3,5-10H,2,4H2,1H3,(H2,17,18,19). The van der Waals surface area contributed by atoms with Crippen LogP contribution in [0.5, 0.6) is 0 Å². The number of thiophene rings is 1. The van der Waals surface area contributed by atoms with Crippen molar-refractivity contribution in [2.75, 3.05) is 16.9 Å². The monoisotopic (exact) mass is 348 g/mol. The Hall–Kier alpha value is -2.12. The van der Waals surface area contributed by atoms with E-state index in [-0.39, 0.29) is 10.9 Å². The first-order valence-electron chi connectivity index (χ1n) is 7.09. The van der Waals surface area contributed by atoms with Crippen molar-refractivity contribution in [1.29, 1.82) is 0 Å². The molecule has 1 aliphatic rings. The summed E-state index contributed by atoms with van der Waals surface area (Å²) in [5.74, 6) is 0. The van der Waals surface area contributed by atoms with Crippen molar-refractivity contribution < 1.29 is 13.2 Å². The number of hydrogen-bond donors (Lipinski definition) is 2. The minimum Gasteiger partial charge on any atom is -0.308 e. The number of carbonyl (C=O) groups excluding carboxylic acids is 1. The molecule has 0 aliphatic heterocycles. The van der Waals surface area contributed by atoms with Crippen LogP contribution in [-0.2, 0) is 16.3 Å². The van der Waals surface area contributed by atoms with E-state index in [4.69, 9.17) is 0 Å². The van der Waals surface area contributed by atoms with Gasteiger partial charge in [0.15, 0.2) is 9.84 Å². The minimum atomic E-state index is -3.23. The van der Waals surface area contributed by atoms with E-state index < -0.39 is 9.84 Å². The molecule has 0 atom stereocenters. The predicted molar refractivity (Wildman–Crippen MR) is 93.9 cm³/mol. The highest BCUT2D eigenvalue weighted by Gasteiger charge is 2.12. The Bertz CT molecular complexity index is 865. The second kappa shape index (κ2) is 6.17. The van der Waals surface area contributed by atoms with Crippen molar-refractivity contribution >= 4 is 44.0 Å². The summed E-state index contributed by atoms with van der Waals surface area (Å²) in [5, 5.41) is 6.30. The molecule has 1 aromatic heterocycles. The zero-order valence-corrected chi connectivity index (χ0v) is 14.1. The molecule has 0 unspecified atom stereocenters. The average Bonchev–Trinajstić information content (AvgIpc) is 2.88. The Kier molecular flexibility index (Phi) is 4.23. The van der Waals surface area contributed by atoms with Gasteiger partial charge in [-0.2, -0.15) is 0 Å². The van der Waals surface area contributed by atoms with E-state index in [1.807, 2.05) is 6.07 Å². The fraction of sp³-hybridized carbons (Fsp3) is 0.188. The summed E-state index contributed by atoms with van der Waals surface area (Å²) in [7, 11) is -3.23. The number of amides is 2. The molecule has 1 aromatic carbocycles.